The van der Waals surface area contributed by atoms with Crippen LogP contribution in [-0.2, 0) is 10.0 Å². The average molecular weight is 498 g/mol. The van der Waals surface area contributed by atoms with E-state index < -0.39 is 21.7 Å². The van der Waals surface area contributed by atoms with Crippen LogP contribution in [0.5, 0.6) is 5.75 Å². The molecular formula is C24H20FN3O4S2. The first-order valence-electron chi connectivity index (χ1n) is 10.2. The van der Waals surface area contributed by atoms with Gasteiger partial charge in [0.05, 0.1) is 17.2 Å². The molecule has 0 aliphatic heterocycles. The Hall–Kier alpha value is -3.76. The van der Waals surface area contributed by atoms with Crippen molar-refractivity contribution in [2.24, 2.45) is 0 Å². The molecule has 0 unspecified atom stereocenters. The van der Waals surface area contributed by atoms with Gasteiger partial charge in [0.2, 0.25) is 0 Å². The summed E-state index contributed by atoms with van der Waals surface area (Å²) in [6.07, 6.45) is 0. The maximum atomic E-state index is 13.1. The molecule has 4 aromatic rings. The molecule has 0 aliphatic rings. The van der Waals surface area contributed by atoms with E-state index in [0.29, 0.717) is 17.4 Å². The Balaban J connectivity index is 1.45. The van der Waals surface area contributed by atoms with Crippen molar-refractivity contribution >= 4 is 38.1 Å². The minimum absolute atomic E-state index is 0.0895. The normalized spacial score (nSPS) is 11.1. The predicted molar refractivity (Wildman–Crippen MR) is 130 cm³/mol. The van der Waals surface area contributed by atoms with E-state index in [2.05, 4.69) is 15.0 Å². The number of carbonyl (C=O) groups is 1. The summed E-state index contributed by atoms with van der Waals surface area (Å²) in [7, 11) is -3.93. The molecule has 34 heavy (non-hydrogen) atoms. The van der Waals surface area contributed by atoms with Crippen molar-refractivity contribution in [1.29, 1.82) is 0 Å². The average Bonchev–Trinajstić information content (AvgIpc) is 3.28. The molecule has 0 spiro atoms. The largest absolute Gasteiger partial charge is 0.494 e. The molecule has 2 N–H and O–H groups in total. The summed E-state index contributed by atoms with van der Waals surface area (Å²) < 4.78 is 46.0. The number of hydrogen-bond donors (Lipinski definition) is 2. The van der Waals surface area contributed by atoms with E-state index in [-0.39, 0.29) is 16.1 Å². The van der Waals surface area contributed by atoms with Crippen LogP contribution in [-0.4, -0.2) is 25.9 Å². The van der Waals surface area contributed by atoms with Gasteiger partial charge in [0.25, 0.3) is 15.9 Å². The number of ether oxygens (including phenoxy) is 1. The highest BCUT2D eigenvalue weighted by Gasteiger charge is 2.16. The molecule has 4 rings (SSSR count). The third-order valence-electron chi connectivity index (χ3n) is 4.69. The van der Waals surface area contributed by atoms with E-state index in [1.165, 1.54) is 35.6 Å². The van der Waals surface area contributed by atoms with Crippen molar-refractivity contribution in [2.45, 2.75) is 11.8 Å². The van der Waals surface area contributed by atoms with Crippen LogP contribution < -0.4 is 14.8 Å². The lowest BCUT2D eigenvalue weighted by molar-refractivity contribution is 0.102. The van der Waals surface area contributed by atoms with Gasteiger partial charge in [0.1, 0.15) is 11.6 Å². The fourth-order valence-corrected chi connectivity index (χ4v) is 4.84. The van der Waals surface area contributed by atoms with Gasteiger partial charge in [-0.2, -0.15) is 0 Å². The number of thiazole rings is 1. The van der Waals surface area contributed by atoms with Crippen LogP contribution in [0.3, 0.4) is 0 Å². The second kappa shape index (κ2) is 10.0. The minimum Gasteiger partial charge on any atom is -0.494 e. The van der Waals surface area contributed by atoms with Gasteiger partial charge in [0.15, 0.2) is 5.13 Å². The maximum absolute atomic E-state index is 13.1. The number of nitrogens with zero attached hydrogens (tertiary/aromatic N) is 1. The van der Waals surface area contributed by atoms with Gasteiger partial charge in [-0.1, -0.05) is 6.07 Å². The molecule has 0 aliphatic carbocycles. The standard InChI is InChI=1S/C24H20FN3O4S2/c1-2-32-20-10-6-16(7-11-20)22-15-33-24(26-22)27-23(29)17-4-3-5-19(14-17)28-34(30,31)21-12-8-18(25)9-13-21/h3-15,28H,2H2,1H3,(H,26,27,29). The van der Waals surface area contributed by atoms with Crippen LogP contribution in [0.2, 0.25) is 0 Å². The Labute approximate surface area is 200 Å². The van der Waals surface area contributed by atoms with Gasteiger partial charge in [0, 0.05) is 22.2 Å². The first kappa shape index (κ1) is 23.4. The molecule has 1 heterocycles. The van der Waals surface area contributed by atoms with Gasteiger partial charge >= 0.3 is 0 Å². The fraction of sp³-hybridized carbons (Fsp3) is 0.0833. The van der Waals surface area contributed by atoms with E-state index in [4.69, 9.17) is 4.74 Å². The summed E-state index contributed by atoms with van der Waals surface area (Å²) in [5.74, 6) is -0.203. The van der Waals surface area contributed by atoms with Crippen molar-refractivity contribution in [3.8, 4) is 17.0 Å². The Morgan fingerprint density at radius 1 is 1.06 bits per heavy atom. The van der Waals surface area contributed by atoms with Gasteiger partial charge in [-0.3, -0.25) is 14.8 Å². The number of aromatic nitrogens is 1. The van der Waals surface area contributed by atoms with Gasteiger partial charge in [-0.05, 0) is 73.7 Å². The zero-order valence-corrected chi connectivity index (χ0v) is 19.6. The van der Waals surface area contributed by atoms with Crippen LogP contribution in [0.15, 0.2) is 83.1 Å². The second-order valence-corrected chi connectivity index (χ2v) is 9.63. The quantitative estimate of drug-likeness (QED) is 0.340. The predicted octanol–water partition coefficient (Wildman–Crippen LogP) is 5.40. The highest BCUT2D eigenvalue weighted by Crippen LogP contribution is 2.27. The SMILES string of the molecule is CCOc1ccc(-c2csc(NC(=O)c3cccc(NS(=O)(=O)c4ccc(F)cc4)c3)n2)cc1. The zero-order valence-electron chi connectivity index (χ0n) is 18.0. The first-order chi connectivity index (χ1) is 16.3. The Kier molecular flexibility index (Phi) is 6.90. The number of halogens is 1. The van der Waals surface area contributed by atoms with Crippen LogP contribution in [0.4, 0.5) is 15.2 Å². The molecule has 0 saturated heterocycles. The number of hydrogen-bond acceptors (Lipinski definition) is 6. The summed E-state index contributed by atoms with van der Waals surface area (Å²) in [6, 6.07) is 18.0. The Morgan fingerprint density at radius 3 is 2.50 bits per heavy atom. The Morgan fingerprint density at radius 2 is 1.79 bits per heavy atom. The molecule has 174 valence electrons. The zero-order chi connectivity index (χ0) is 24.1. The minimum atomic E-state index is -3.93. The maximum Gasteiger partial charge on any atom is 0.261 e. The lowest BCUT2D eigenvalue weighted by atomic mass is 10.2. The van der Waals surface area contributed by atoms with E-state index >= 15 is 0 Å². The molecule has 0 saturated carbocycles. The lowest BCUT2D eigenvalue weighted by Crippen LogP contribution is -2.15. The van der Waals surface area contributed by atoms with E-state index in [9.17, 15) is 17.6 Å². The molecule has 0 radical (unpaired) electrons. The molecule has 1 aromatic heterocycles. The fourth-order valence-electron chi connectivity index (χ4n) is 3.07. The van der Waals surface area contributed by atoms with Gasteiger partial charge in [-0.25, -0.2) is 17.8 Å². The summed E-state index contributed by atoms with van der Waals surface area (Å²) >= 11 is 1.28. The van der Waals surface area contributed by atoms with Crippen molar-refractivity contribution in [1.82, 2.24) is 4.98 Å². The topological polar surface area (TPSA) is 97.4 Å². The van der Waals surface area contributed by atoms with Crippen molar-refractivity contribution < 1.29 is 22.3 Å². The molecule has 0 bridgehead atoms. The summed E-state index contributed by atoms with van der Waals surface area (Å²) in [5, 5.41) is 4.97. The van der Waals surface area contributed by atoms with Crippen molar-refractivity contribution in [3.05, 3.63) is 89.6 Å². The molecule has 10 heteroatoms. The number of anilines is 2. The van der Waals surface area contributed by atoms with Crippen molar-refractivity contribution in [2.75, 3.05) is 16.6 Å². The van der Waals surface area contributed by atoms with E-state index in [1.54, 1.807) is 12.1 Å². The van der Waals surface area contributed by atoms with Crippen LogP contribution in [0.25, 0.3) is 11.3 Å². The third kappa shape index (κ3) is 5.59. The smallest absolute Gasteiger partial charge is 0.261 e. The number of nitrogens with one attached hydrogen (secondary N) is 2. The van der Waals surface area contributed by atoms with E-state index in [1.807, 2.05) is 36.6 Å². The van der Waals surface area contributed by atoms with Crippen LogP contribution >= 0.6 is 11.3 Å². The van der Waals surface area contributed by atoms with Crippen LogP contribution in [0, 0.1) is 5.82 Å². The van der Waals surface area contributed by atoms with Crippen molar-refractivity contribution in [3.63, 3.8) is 0 Å². The molecule has 1 amide bonds. The first-order valence-corrected chi connectivity index (χ1v) is 12.6. The number of sulfonamides is 1. The number of benzene rings is 3. The summed E-state index contributed by atoms with van der Waals surface area (Å²) in [5.41, 5.74) is 2.05. The number of amides is 1. The second-order valence-electron chi connectivity index (χ2n) is 7.09. The number of carbonyl (C=O) groups excluding carboxylic acids is 1. The van der Waals surface area contributed by atoms with Gasteiger partial charge in [-0.15, -0.1) is 11.3 Å². The molecule has 0 fully saturated rings. The van der Waals surface area contributed by atoms with Crippen LogP contribution in [0.1, 0.15) is 17.3 Å². The molecule has 3 aromatic carbocycles. The summed E-state index contributed by atoms with van der Waals surface area (Å²) in [6.45, 7) is 2.50. The molecule has 0 atom stereocenters. The Bertz CT molecular complexity index is 1400. The molecular weight excluding hydrogens is 477 g/mol. The monoisotopic (exact) mass is 497 g/mol. The third-order valence-corrected chi connectivity index (χ3v) is 6.84. The lowest BCUT2D eigenvalue weighted by Gasteiger charge is -2.09. The highest BCUT2D eigenvalue weighted by molar-refractivity contribution is 7.92. The molecule has 7 nitrogen and oxygen atoms in total. The summed E-state index contributed by atoms with van der Waals surface area (Å²) in [4.78, 5) is 17.1. The highest BCUT2D eigenvalue weighted by atomic mass is 32.2. The van der Waals surface area contributed by atoms with Gasteiger partial charge < -0.3 is 4.74 Å². The number of rotatable bonds is 8. The van der Waals surface area contributed by atoms with E-state index in [0.717, 1.165) is 23.4 Å².